The molecule has 4 rings (SSSR count). The van der Waals surface area contributed by atoms with Gasteiger partial charge in [0.25, 0.3) is 0 Å². The summed E-state index contributed by atoms with van der Waals surface area (Å²) in [5.74, 6) is -0.927. The second-order valence-electron chi connectivity index (χ2n) is 12.1. The lowest BCUT2D eigenvalue weighted by Crippen LogP contribution is -2.41. The Morgan fingerprint density at radius 2 is 1.20 bits per heavy atom. The number of aryl methyl sites for hydroxylation is 1. The van der Waals surface area contributed by atoms with Crippen LogP contribution in [0.4, 0.5) is 0 Å². The van der Waals surface area contributed by atoms with E-state index in [1.54, 1.807) is 12.3 Å². The second-order valence-corrected chi connectivity index (χ2v) is 12.1. The van der Waals surface area contributed by atoms with Gasteiger partial charge in [-0.3, -0.25) is 9.97 Å². The molecule has 2 aromatic heterocycles. The quantitative estimate of drug-likeness (QED) is 0.220. The van der Waals surface area contributed by atoms with Crippen LogP contribution in [0.15, 0.2) is 37.4 Å². The maximum absolute atomic E-state index is 11.6. The monoisotopic (exact) mass is 627 g/mol. The third-order valence-electron chi connectivity index (χ3n) is 7.93. The lowest BCUT2D eigenvalue weighted by atomic mass is 9.82. The molecule has 0 aliphatic carbocycles. The molecule has 0 amide bonds. The number of carbonyl (C=O) groups excluding carboxylic acids is 2. The van der Waals surface area contributed by atoms with Gasteiger partial charge >= 0.3 is 26.7 Å². The number of ether oxygens (including phenoxy) is 2. The Morgan fingerprint density at radius 1 is 0.778 bits per heavy atom. The Hall–Kier alpha value is -3.19. The molecule has 2 aliphatic heterocycles. The smallest absolute Gasteiger partial charge is 0.464 e. The van der Waals surface area contributed by atoms with Crippen LogP contribution in [0, 0.1) is 0 Å². The summed E-state index contributed by atoms with van der Waals surface area (Å²) in [5, 5.41) is 0. The number of hydrogen-bond donors (Lipinski definition) is 0. The van der Waals surface area contributed by atoms with Crippen molar-refractivity contribution < 1.29 is 37.7 Å². The van der Waals surface area contributed by atoms with Crippen LogP contribution < -0.4 is 0 Å². The highest BCUT2D eigenvalue weighted by Gasteiger charge is 2.50. The summed E-state index contributed by atoms with van der Waals surface area (Å²) in [6.07, 6.45) is 10.4. The maximum Gasteiger partial charge on any atom is 0.488 e. The van der Waals surface area contributed by atoms with E-state index in [4.69, 9.17) is 23.4 Å². The molecule has 2 saturated heterocycles. The highest BCUT2D eigenvalue weighted by atomic mass is 16.7. The minimum absolute atomic E-state index is 0. The van der Waals surface area contributed by atoms with Crippen LogP contribution in [-0.2, 0) is 40.9 Å². The Morgan fingerprint density at radius 3 is 1.60 bits per heavy atom. The summed E-state index contributed by atoms with van der Waals surface area (Å²) >= 11 is 0. The molecule has 2 fully saturated rings. The molecule has 45 heavy (non-hydrogen) atoms. The average Bonchev–Trinajstić information content (AvgIpc) is 3.34. The lowest BCUT2D eigenvalue weighted by molar-refractivity contribution is 0.00578. The Labute approximate surface area is 269 Å². The number of allylic oxidation sites excluding steroid dienone is 1. The normalized spacial score (nSPS) is 18.0. The van der Waals surface area contributed by atoms with E-state index in [0.29, 0.717) is 24.2 Å². The molecule has 0 atom stereocenters. The highest BCUT2D eigenvalue weighted by Crippen LogP contribution is 2.38. The van der Waals surface area contributed by atoms with Crippen LogP contribution in [0.3, 0.4) is 0 Å². The average molecular weight is 627 g/mol. The topological polar surface area (TPSA) is 141 Å². The fraction of sp³-hybridized carbons (Fsp3) is 0.613. The van der Waals surface area contributed by atoms with Gasteiger partial charge in [0.05, 0.1) is 48.0 Å². The number of methoxy groups -OCH3 is 2. The first-order valence-corrected chi connectivity index (χ1v) is 14.4. The zero-order chi connectivity index (χ0) is 33.2. The van der Waals surface area contributed by atoms with Gasteiger partial charge in [-0.1, -0.05) is 13.5 Å². The summed E-state index contributed by atoms with van der Waals surface area (Å²) in [5.41, 5.74) is 0.752. The molecular weight excluding hydrogens is 578 g/mol. The number of hydrogen-bond acceptors (Lipinski definition) is 12. The van der Waals surface area contributed by atoms with E-state index >= 15 is 0 Å². The van der Waals surface area contributed by atoms with Gasteiger partial charge in [0.1, 0.15) is 0 Å². The molecule has 0 N–H and O–H groups in total. The van der Waals surface area contributed by atoms with Crippen molar-refractivity contribution >= 4 is 26.7 Å². The molecule has 0 saturated carbocycles. The standard InChI is InChI=1S/C15H23BN2O4.C9H10N2O2.C6H12BO2.CH4/c1-14(2)15(3,4)22-16(21-14)8-6-7-11-12(13(19)20-5)18-10-9-17-11;1-3-4-7-8(9(12)13-2)11-6-5-10-7;1-5(2)6(3,4)9-7-8-5;/h9-10H,6-8H2,1-5H3;3,5-6H,1,4H2,2H3;1-4H3;1H4. The zero-order valence-corrected chi connectivity index (χ0v) is 27.6. The van der Waals surface area contributed by atoms with Gasteiger partial charge in [-0.25, -0.2) is 19.6 Å². The third kappa shape index (κ3) is 10.7. The number of nitrogens with zero attached hydrogens (tertiary/aromatic N) is 4. The highest BCUT2D eigenvalue weighted by molar-refractivity contribution is 6.45. The molecule has 4 heterocycles. The number of rotatable bonds is 8. The van der Waals surface area contributed by atoms with Crippen molar-refractivity contribution in [3.8, 4) is 0 Å². The van der Waals surface area contributed by atoms with E-state index in [1.807, 2.05) is 55.4 Å². The van der Waals surface area contributed by atoms with E-state index in [1.165, 1.54) is 40.5 Å². The maximum atomic E-state index is 11.6. The van der Waals surface area contributed by atoms with E-state index in [-0.39, 0.29) is 48.3 Å². The first-order valence-electron chi connectivity index (χ1n) is 14.4. The Bertz CT molecular complexity index is 1240. The van der Waals surface area contributed by atoms with E-state index in [2.05, 4.69) is 31.3 Å². The van der Waals surface area contributed by atoms with Gasteiger partial charge in [-0.05, 0) is 74.6 Å². The van der Waals surface area contributed by atoms with Gasteiger partial charge in [-0.15, -0.1) is 6.58 Å². The van der Waals surface area contributed by atoms with Crippen LogP contribution in [0.5, 0.6) is 0 Å². The molecule has 0 aromatic carbocycles. The zero-order valence-electron chi connectivity index (χ0n) is 27.6. The molecule has 0 bridgehead atoms. The number of aromatic nitrogens is 4. The van der Waals surface area contributed by atoms with Crippen molar-refractivity contribution in [3.05, 3.63) is 60.2 Å². The lowest BCUT2D eigenvalue weighted by Gasteiger charge is -2.32. The van der Waals surface area contributed by atoms with Gasteiger partial charge < -0.3 is 28.1 Å². The van der Waals surface area contributed by atoms with Crippen LogP contribution >= 0.6 is 0 Å². The van der Waals surface area contributed by atoms with Gasteiger partial charge in [0.2, 0.25) is 0 Å². The van der Waals surface area contributed by atoms with Gasteiger partial charge in [-0.2, -0.15) is 0 Å². The van der Waals surface area contributed by atoms with Gasteiger partial charge in [0.15, 0.2) is 11.4 Å². The fourth-order valence-corrected chi connectivity index (χ4v) is 3.80. The molecule has 14 heteroatoms. The van der Waals surface area contributed by atoms with E-state index in [0.717, 1.165) is 12.7 Å². The summed E-state index contributed by atoms with van der Waals surface area (Å²) in [6.45, 7) is 19.7. The summed E-state index contributed by atoms with van der Waals surface area (Å²) in [7, 11) is 3.84. The van der Waals surface area contributed by atoms with Crippen molar-refractivity contribution in [1.29, 1.82) is 0 Å². The van der Waals surface area contributed by atoms with Crippen molar-refractivity contribution in [2.24, 2.45) is 0 Å². The summed E-state index contributed by atoms with van der Waals surface area (Å²) in [6, 6.07) is 0. The minimum Gasteiger partial charge on any atom is -0.464 e. The molecule has 1 radical (unpaired) electrons. The predicted octanol–water partition coefficient (Wildman–Crippen LogP) is 5.04. The second kappa shape index (κ2) is 16.9. The molecule has 2 aliphatic rings. The molecule has 247 valence electrons. The fourth-order valence-electron chi connectivity index (χ4n) is 3.80. The molecular formula is C31H49B2N4O8. The molecule has 0 unspecified atom stereocenters. The summed E-state index contributed by atoms with van der Waals surface area (Å²) in [4.78, 5) is 39.0. The molecule has 0 spiro atoms. The van der Waals surface area contributed by atoms with Crippen molar-refractivity contribution in [3.63, 3.8) is 0 Å². The first-order chi connectivity index (χ1) is 20.5. The Kier molecular flexibility index (Phi) is 15.0. The van der Waals surface area contributed by atoms with E-state index in [9.17, 15) is 9.59 Å². The van der Waals surface area contributed by atoms with Crippen molar-refractivity contribution in [2.75, 3.05) is 14.2 Å². The van der Waals surface area contributed by atoms with Gasteiger partial charge in [0, 0.05) is 31.2 Å². The minimum atomic E-state index is -0.468. The first kappa shape index (κ1) is 39.8. The van der Waals surface area contributed by atoms with Crippen LogP contribution in [0.25, 0.3) is 0 Å². The van der Waals surface area contributed by atoms with Crippen LogP contribution in [0.2, 0.25) is 6.32 Å². The molecule has 2 aromatic rings. The summed E-state index contributed by atoms with van der Waals surface area (Å²) < 4.78 is 31.6. The van der Waals surface area contributed by atoms with Crippen LogP contribution in [-0.4, -0.2) is 83.3 Å². The predicted molar refractivity (Wildman–Crippen MR) is 173 cm³/mol. The Balaban J connectivity index is 0.000000373. The number of carbonyl (C=O) groups is 2. The third-order valence-corrected chi connectivity index (χ3v) is 7.93. The van der Waals surface area contributed by atoms with E-state index < -0.39 is 11.9 Å². The van der Waals surface area contributed by atoms with Crippen molar-refractivity contribution in [2.45, 2.75) is 111 Å². The van der Waals surface area contributed by atoms with Crippen molar-refractivity contribution in [1.82, 2.24) is 19.9 Å². The SMILES string of the molecule is C.C=CCc1nccnc1C(=O)OC.CC1(C)O[B]OC1(C)C.COC(=O)c1nccnc1CCCB1OC(C)(C)C(C)(C)O1. The number of esters is 2. The largest absolute Gasteiger partial charge is 0.488 e. The molecule has 12 nitrogen and oxygen atoms in total. The van der Waals surface area contributed by atoms with Crippen LogP contribution in [0.1, 0.15) is 102 Å².